The van der Waals surface area contributed by atoms with Gasteiger partial charge in [0.05, 0.1) is 6.26 Å². The van der Waals surface area contributed by atoms with Gasteiger partial charge in [-0.05, 0) is 17.7 Å². The minimum Gasteiger partial charge on any atom is -0.297 e. The van der Waals surface area contributed by atoms with Gasteiger partial charge in [-0.3, -0.25) is 9.62 Å². The monoisotopic (exact) mass is 300 g/mol. The number of sulfonamides is 1. The van der Waals surface area contributed by atoms with Gasteiger partial charge in [0.15, 0.2) is 0 Å². The highest BCUT2D eigenvalue weighted by atomic mass is 32.2. The maximum atomic E-state index is 11.1. The zero-order valence-electron chi connectivity index (χ0n) is 11.3. The number of rotatable bonds is 4. The van der Waals surface area contributed by atoms with Crippen LogP contribution >= 0.6 is 11.8 Å². The molecule has 0 spiro atoms. The third kappa shape index (κ3) is 5.04. The minimum absolute atomic E-state index is 0.619. The molecule has 19 heavy (non-hydrogen) atoms. The van der Waals surface area contributed by atoms with Crippen molar-refractivity contribution >= 4 is 27.5 Å². The van der Waals surface area contributed by atoms with Gasteiger partial charge >= 0.3 is 0 Å². The summed E-state index contributed by atoms with van der Waals surface area (Å²) in [5.74, 6) is 1.19. The Kier molecular flexibility index (Phi) is 4.76. The molecule has 1 heterocycles. The first-order valence-corrected chi connectivity index (χ1v) is 9.27. The average molecular weight is 300 g/mol. The lowest BCUT2D eigenvalue weighted by Crippen LogP contribution is -2.35. The van der Waals surface area contributed by atoms with Crippen LogP contribution in [0, 0.1) is 0 Å². The average Bonchev–Trinajstić information content (AvgIpc) is 2.30. The van der Waals surface area contributed by atoms with E-state index in [1.54, 1.807) is 0 Å². The first-order chi connectivity index (χ1) is 8.92. The zero-order chi connectivity index (χ0) is 13.9. The van der Waals surface area contributed by atoms with Crippen molar-refractivity contribution < 1.29 is 8.42 Å². The van der Waals surface area contributed by atoms with Crippen molar-refractivity contribution in [2.24, 2.45) is 0 Å². The Balaban J connectivity index is 1.95. The lowest BCUT2D eigenvalue weighted by Gasteiger charge is -2.30. The lowest BCUT2D eigenvalue weighted by atomic mass is 10.2. The predicted octanol–water partition coefficient (Wildman–Crippen LogP) is 2.00. The number of anilines is 1. The quantitative estimate of drug-likeness (QED) is 0.924. The highest BCUT2D eigenvalue weighted by molar-refractivity contribution is 7.99. The summed E-state index contributed by atoms with van der Waals surface area (Å²) in [5, 5.41) is 0.694. The second-order valence-corrected chi connectivity index (χ2v) is 8.28. The highest BCUT2D eigenvalue weighted by Gasteiger charge is 2.16. The molecule has 0 bridgehead atoms. The normalized spacial score (nSPS) is 21.3. The van der Waals surface area contributed by atoms with E-state index in [0.29, 0.717) is 10.9 Å². The van der Waals surface area contributed by atoms with Crippen LogP contribution in [0.4, 0.5) is 5.69 Å². The number of benzene rings is 1. The Morgan fingerprint density at radius 3 is 2.63 bits per heavy atom. The maximum absolute atomic E-state index is 11.1. The van der Waals surface area contributed by atoms with Crippen molar-refractivity contribution in [3.63, 3.8) is 0 Å². The molecule has 2 rings (SSSR count). The Hall–Kier alpha value is -0.720. The van der Waals surface area contributed by atoms with Crippen LogP contribution in [0.15, 0.2) is 24.3 Å². The van der Waals surface area contributed by atoms with Crippen molar-refractivity contribution in [1.82, 2.24) is 4.90 Å². The summed E-state index contributed by atoms with van der Waals surface area (Å²) in [5.41, 5.74) is 1.84. The molecule has 0 amide bonds. The zero-order valence-corrected chi connectivity index (χ0v) is 12.9. The van der Waals surface area contributed by atoms with E-state index in [1.807, 2.05) is 36.0 Å². The van der Waals surface area contributed by atoms with E-state index in [2.05, 4.69) is 16.5 Å². The third-order valence-electron chi connectivity index (χ3n) is 2.99. The van der Waals surface area contributed by atoms with E-state index in [1.165, 1.54) is 11.3 Å². The van der Waals surface area contributed by atoms with Crippen molar-refractivity contribution in [3.8, 4) is 0 Å². The van der Waals surface area contributed by atoms with Crippen LogP contribution in [-0.2, 0) is 16.6 Å². The molecule has 1 aliphatic heterocycles. The van der Waals surface area contributed by atoms with Crippen LogP contribution in [0.5, 0.6) is 0 Å². The third-order valence-corrected chi connectivity index (χ3v) is 4.73. The highest BCUT2D eigenvalue weighted by Crippen LogP contribution is 2.20. The van der Waals surface area contributed by atoms with E-state index in [4.69, 9.17) is 0 Å². The van der Waals surface area contributed by atoms with Crippen LogP contribution in [-0.4, -0.2) is 43.7 Å². The molecule has 1 aliphatic rings. The first-order valence-electron chi connectivity index (χ1n) is 6.33. The summed E-state index contributed by atoms with van der Waals surface area (Å²) < 4.78 is 24.7. The van der Waals surface area contributed by atoms with Crippen molar-refractivity contribution in [2.45, 2.75) is 18.7 Å². The van der Waals surface area contributed by atoms with Crippen molar-refractivity contribution in [3.05, 3.63) is 29.8 Å². The summed E-state index contributed by atoms with van der Waals surface area (Å²) in [6.45, 7) is 5.44. The van der Waals surface area contributed by atoms with Crippen LogP contribution < -0.4 is 4.72 Å². The number of thioether (sulfide) groups is 1. The van der Waals surface area contributed by atoms with E-state index < -0.39 is 10.0 Å². The fourth-order valence-electron chi connectivity index (χ4n) is 2.18. The fraction of sp³-hybridized carbons (Fsp3) is 0.538. The predicted molar refractivity (Wildman–Crippen MR) is 82.1 cm³/mol. The molecule has 0 aliphatic carbocycles. The summed E-state index contributed by atoms with van der Waals surface area (Å²) >= 11 is 2.02. The van der Waals surface area contributed by atoms with Gasteiger partial charge in [-0.25, -0.2) is 8.42 Å². The Bertz CT molecular complexity index is 514. The van der Waals surface area contributed by atoms with Gasteiger partial charge < -0.3 is 0 Å². The molecular weight excluding hydrogens is 280 g/mol. The molecule has 1 atom stereocenters. The number of hydrogen-bond donors (Lipinski definition) is 1. The van der Waals surface area contributed by atoms with Crippen molar-refractivity contribution in [1.29, 1.82) is 0 Å². The Labute approximate surface area is 119 Å². The fourth-order valence-corrected chi connectivity index (χ4v) is 3.83. The van der Waals surface area contributed by atoms with Gasteiger partial charge in [-0.1, -0.05) is 19.1 Å². The summed E-state index contributed by atoms with van der Waals surface area (Å²) in [7, 11) is -3.19. The second-order valence-electron chi connectivity index (χ2n) is 4.99. The van der Waals surface area contributed by atoms with Gasteiger partial charge in [0.2, 0.25) is 10.0 Å². The van der Waals surface area contributed by atoms with Crippen LogP contribution in [0.2, 0.25) is 0 Å². The van der Waals surface area contributed by atoms with Gasteiger partial charge in [-0.2, -0.15) is 11.8 Å². The van der Waals surface area contributed by atoms with Gasteiger partial charge in [0.1, 0.15) is 0 Å². The molecule has 106 valence electrons. The molecule has 1 aromatic carbocycles. The number of hydrogen-bond acceptors (Lipinski definition) is 4. The van der Waals surface area contributed by atoms with Crippen molar-refractivity contribution in [2.75, 3.05) is 29.8 Å². The lowest BCUT2D eigenvalue weighted by molar-refractivity contribution is 0.278. The largest absolute Gasteiger partial charge is 0.297 e. The molecule has 0 saturated carbocycles. The molecule has 0 aromatic heterocycles. The topological polar surface area (TPSA) is 49.4 Å². The van der Waals surface area contributed by atoms with Crippen LogP contribution in [0.3, 0.4) is 0 Å². The Morgan fingerprint density at radius 2 is 2.05 bits per heavy atom. The molecule has 1 aromatic rings. The van der Waals surface area contributed by atoms with Crippen LogP contribution in [0.1, 0.15) is 12.5 Å². The molecule has 1 saturated heterocycles. The van der Waals surface area contributed by atoms with Gasteiger partial charge in [0.25, 0.3) is 0 Å². The number of nitrogens with one attached hydrogen (secondary N) is 1. The molecule has 1 N–H and O–H groups in total. The molecule has 0 radical (unpaired) electrons. The molecule has 1 unspecified atom stereocenters. The standard InChI is InChI=1S/C13H20N2O2S2/c1-11-9-15(7-8-18-11)10-12-3-5-13(6-4-12)14-19(2,16)17/h3-6,11,14H,7-10H2,1-2H3. The van der Waals surface area contributed by atoms with E-state index in [9.17, 15) is 8.42 Å². The molecular formula is C13H20N2O2S2. The molecule has 6 heteroatoms. The second kappa shape index (κ2) is 6.15. The number of nitrogens with zero attached hydrogens (tertiary/aromatic N) is 1. The SMILES string of the molecule is CC1CN(Cc2ccc(NS(C)(=O)=O)cc2)CCS1. The van der Waals surface area contributed by atoms with Crippen LogP contribution in [0.25, 0.3) is 0 Å². The first kappa shape index (κ1) is 14.7. The smallest absolute Gasteiger partial charge is 0.229 e. The minimum atomic E-state index is -3.19. The molecule has 1 fully saturated rings. The Morgan fingerprint density at radius 1 is 1.37 bits per heavy atom. The van der Waals surface area contributed by atoms with Gasteiger partial charge in [-0.15, -0.1) is 0 Å². The van der Waals surface area contributed by atoms with E-state index >= 15 is 0 Å². The van der Waals surface area contributed by atoms with Gasteiger partial charge in [0, 0.05) is 36.3 Å². The molecule has 4 nitrogen and oxygen atoms in total. The summed E-state index contributed by atoms with van der Waals surface area (Å²) in [4.78, 5) is 2.44. The summed E-state index contributed by atoms with van der Waals surface area (Å²) in [6, 6.07) is 7.61. The van der Waals surface area contributed by atoms with E-state index in [-0.39, 0.29) is 0 Å². The maximum Gasteiger partial charge on any atom is 0.229 e. The summed E-state index contributed by atoms with van der Waals surface area (Å²) in [6.07, 6.45) is 1.16. The van der Waals surface area contributed by atoms with E-state index in [0.717, 1.165) is 25.9 Å².